The van der Waals surface area contributed by atoms with E-state index in [-0.39, 0.29) is 0 Å². The van der Waals surface area contributed by atoms with E-state index in [1.165, 1.54) is 88.9 Å². The van der Waals surface area contributed by atoms with E-state index >= 15 is 0 Å². The van der Waals surface area contributed by atoms with Crippen molar-refractivity contribution < 1.29 is 0 Å². The van der Waals surface area contributed by atoms with Gasteiger partial charge in [0.2, 0.25) is 0 Å². The standard InChI is InChI=1S/C43H64P2/c1-6-36-23-25-38(26-24-36)34-45(41-18-12-10-13-19-41,42-20-14-11-15-21-42)43-22-16-17-39(32-43)31-35(5)40-29-27-37(28-30-40)33-44(7-2,8-3)9-4/h10-22,32,35-38,40H,6-9,23-31,33-34H2,1-5H3/q+2. The maximum Gasteiger partial charge on any atom is 0.112 e. The Balaban J connectivity index is 1.38. The molecule has 0 N–H and O–H groups in total. The second-order valence-electron chi connectivity index (χ2n) is 15.1. The molecule has 1 atom stereocenters. The molecule has 1 unspecified atom stereocenters. The fraction of sp³-hybridized carbons (Fsp3) is 0.581. The van der Waals surface area contributed by atoms with Crippen LogP contribution in [0.15, 0.2) is 84.9 Å². The van der Waals surface area contributed by atoms with Crippen LogP contribution in [-0.2, 0) is 6.42 Å². The van der Waals surface area contributed by atoms with E-state index in [1.54, 1.807) is 27.6 Å². The Bertz CT molecular complexity index is 1220. The van der Waals surface area contributed by atoms with Crippen LogP contribution in [-0.4, -0.2) is 30.8 Å². The van der Waals surface area contributed by atoms with Gasteiger partial charge in [-0.05, 0) is 137 Å². The zero-order valence-electron chi connectivity index (χ0n) is 29.5. The lowest BCUT2D eigenvalue weighted by Crippen LogP contribution is -2.36. The van der Waals surface area contributed by atoms with Gasteiger partial charge in [0, 0.05) is 7.26 Å². The van der Waals surface area contributed by atoms with Gasteiger partial charge in [-0.2, -0.15) is 0 Å². The largest absolute Gasteiger partial charge is 0.112 e. The first-order valence-electron chi connectivity index (χ1n) is 18.9. The van der Waals surface area contributed by atoms with Crippen LogP contribution in [0.4, 0.5) is 0 Å². The molecule has 0 spiro atoms. The number of hydrogen-bond acceptors (Lipinski definition) is 0. The van der Waals surface area contributed by atoms with Crippen molar-refractivity contribution in [1.82, 2.24) is 0 Å². The van der Waals surface area contributed by atoms with Crippen LogP contribution in [0, 0.1) is 29.6 Å². The molecule has 0 nitrogen and oxygen atoms in total. The van der Waals surface area contributed by atoms with Gasteiger partial charge in [0.1, 0.15) is 23.2 Å². The summed E-state index contributed by atoms with van der Waals surface area (Å²) in [7, 11) is -2.48. The molecule has 2 saturated carbocycles. The Morgan fingerprint density at radius 2 is 1.04 bits per heavy atom. The summed E-state index contributed by atoms with van der Waals surface area (Å²) in [5.74, 6) is 4.40. The van der Waals surface area contributed by atoms with E-state index in [1.807, 2.05) is 0 Å². The molecule has 0 heterocycles. The van der Waals surface area contributed by atoms with E-state index in [0.717, 1.165) is 29.6 Å². The van der Waals surface area contributed by atoms with E-state index in [4.69, 9.17) is 0 Å². The van der Waals surface area contributed by atoms with Crippen LogP contribution in [0.5, 0.6) is 0 Å². The highest BCUT2D eigenvalue weighted by Gasteiger charge is 2.47. The highest BCUT2D eigenvalue weighted by molar-refractivity contribution is 7.95. The second kappa shape index (κ2) is 16.6. The maximum absolute atomic E-state index is 2.68. The number of benzene rings is 3. The number of rotatable bonds is 14. The first kappa shape index (κ1) is 34.8. The molecule has 3 aromatic rings. The average molecular weight is 643 g/mol. The van der Waals surface area contributed by atoms with Gasteiger partial charge in [0.25, 0.3) is 0 Å². The van der Waals surface area contributed by atoms with Gasteiger partial charge >= 0.3 is 0 Å². The molecule has 0 saturated heterocycles. The Morgan fingerprint density at radius 1 is 0.556 bits per heavy atom. The SMILES string of the molecule is CCC1CCC(C[P+](c2ccccc2)(c2ccccc2)c2cccc(CC(C)C3CCC(C[P+](CC)(CC)CC)CC3)c2)CC1. The van der Waals surface area contributed by atoms with Crippen molar-refractivity contribution >= 4 is 30.4 Å². The first-order chi connectivity index (χ1) is 21.9. The Labute approximate surface area is 279 Å². The highest BCUT2D eigenvalue weighted by Crippen LogP contribution is 2.61. The molecule has 0 aliphatic heterocycles. The summed E-state index contributed by atoms with van der Waals surface area (Å²) < 4.78 is 0. The van der Waals surface area contributed by atoms with Gasteiger partial charge in [0.05, 0.1) is 30.8 Å². The lowest BCUT2D eigenvalue weighted by molar-refractivity contribution is 0.224. The summed E-state index contributed by atoms with van der Waals surface area (Å²) in [5.41, 5.74) is 1.57. The van der Waals surface area contributed by atoms with Crippen LogP contribution < -0.4 is 15.9 Å². The molecule has 2 aliphatic carbocycles. The van der Waals surface area contributed by atoms with Gasteiger partial charge in [-0.15, -0.1) is 0 Å². The van der Waals surface area contributed by atoms with E-state index in [0.29, 0.717) is 0 Å². The normalized spacial score (nSPS) is 23.5. The molecule has 2 heteroatoms. The van der Waals surface area contributed by atoms with Crippen molar-refractivity contribution in [2.45, 2.75) is 98.8 Å². The Morgan fingerprint density at radius 3 is 1.58 bits per heavy atom. The minimum atomic E-state index is -1.79. The van der Waals surface area contributed by atoms with Crippen molar-refractivity contribution in [1.29, 1.82) is 0 Å². The van der Waals surface area contributed by atoms with Gasteiger partial charge in [-0.1, -0.05) is 81.6 Å². The van der Waals surface area contributed by atoms with Crippen LogP contribution in [0.3, 0.4) is 0 Å². The predicted molar refractivity (Wildman–Crippen MR) is 207 cm³/mol. The molecule has 2 fully saturated rings. The predicted octanol–water partition coefficient (Wildman–Crippen LogP) is 11.3. The van der Waals surface area contributed by atoms with Gasteiger partial charge in [-0.3, -0.25) is 0 Å². The lowest BCUT2D eigenvalue weighted by Gasteiger charge is -2.35. The molecule has 3 aromatic carbocycles. The monoisotopic (exact) mass is 642 g/mol. The Kier molecular flexibility index (Phi) is 12.8. The van der Waals surface area contributed by atoms with Crippen molar-refractivity contribution in [2.24, 2.45) is 29.6 Å². The fourth-order valence-corrected chi connectivity index (χ4v) is 17.7. The van der Waals surface area contributed by atoms with Crippen LogP contribution in [0.2, 0.25) is 0 Å². The van der Waals surface area contributed by atoms with E-state index in [2.05, 4.69) is 120 Å². The van der Waals surface area contributed by atoms with Gasteiger partial charge in [0.15, 0.2) is 0 Å². The summed E-state index contributed by atoms with van der Waals surface area (Å²) in [5, 5.41) is 4.76. The van der Waals surface area contributed by atoms with Gasteiger partial charge < -0.3 is 0 Å². The van der Waals surface area contributed by atoms with Crippen molar-refractivity contribution in [3.8, 4) is 0 Å². The summed E-state index contributed by atoms with van der Waals surface area (Å²) >= 11 is 0. The van der Waals surface area contributed by atoms with E-state index < -0.39 is 14.5 Å². The molecule has 2 aliphatic rings. The zero-order valence-corrected chi connectivity index (χ0v) is 31.3. The molecular weight excluding hydrogens is 578 g/mol. The third-order valence-electron chi connectivity index (χ3n) is 12.7. The zero-order chi connectivity index (χ0) is 31.7. The highest BCUT2D eigenvalue weighted by atomic mass is 31.2. The lowest BCUT2D eigenvalue weighted by atomic mass is 9.75. The van der Waals surface area contributed by atoms with Crippen LogP contribution in [0.1, 0.15) is 98.0 Å². The second-order valence-corrected chi connectivity index (χ2v) is 23.5. The van der Waals surface area contributed by atoms with Crippen molar-refractivity contribution in [2.75, 3.05) is 30.8 Å². The number of hydrogen-bond donors (Lipinski definition) is 0. The quantitative estimate of drug-likeness (QED) is 0.154. The van der Waals surface area contributed by atoms with Crippen molar-refractivity contribution in [3.63, 3.8) is 0 Å². The summed E-state index contributed by atoms with van der Waals surface area (Å²) in [4.78, 5) is 0. The third kappa shape index (κ3) is 8.33. The fourth-order valence-electron chi connectivity index (χ4n) is 9.34. The van der Waals surface area contributed by atoms with Crippen LogP contribution in [0.25, 0.3) is 0 Å². The molecule has 45 heavy (non-hydrogen) atoms. The third-order valence-corrected chi connectivity index (χ3v) is 22.6. The Hall–Kier alpha value is -1.48. The molecule has 5 rings (SSSR count). The van der Waals surface area contributed by atoms with Crippen molar-refractivity contribution in [3.05, 3.63) is 90.5 Å². The topological polar surface area (TPSA) is 0 Å². The maximum atomic E-state index is 2.68. The summed E-state index contributed by atoms with van der Waals surface area (Å²) in [6.07, 6.45) is 21.4. The summed E-state index contributed by atoms with van der Waals surface area (Å²) in [6.45, 7) is 12.4. The van der Waals surface area contributed by atoms with Crippen LogP contribution >= 0.6 is 14.5 Å². The molecular formula is C43H64P2+2. The molecule has 0 bridgehead atoms. The first-order valence-corrected chi connectivity index (χ1v) is 23.4. The van der Waals surface area contributed by atoms with Gasteiger partial charge in [-0.25, -0.2) is 0 Å². The summed E-state index contributed by atoms with van der Waals surface area (Å²) in [6, 6.07) is 33.4. The minimum absolute atomic E-state index is 0.694. The molecule has 0 amide bonds. The molecule has 0 aromatic heterocycles. The average Bonchev–Trinajstić information content (AvgIpc) is 3.11. The molecule has 244 valence electrons. The molecule has 0 radical (unpaired) electrons. The smallest absolute Gasteiger partial charge is 0.0651 e. The minimum Gasteiger partial charge on any atom is -0.0651 e. The van der Waals surface area contributed by atoms with E-state index in [9.17, 15) is 0 Å².